The third-order valence-electron chi connectivity index (χ3n) is 9.15. The number of aromatic amines is 1. The highest BCUT2D eigenvalue weighted by atomic mass is 16.5. The lowest BCUT2D eigenvalue weighted by Gasteiger charge is -2.22. The summed E-state index contributed by atoms with van der Waals surface area (Å²) in [5, 5.41) is 9.94. The normalized spacial score (nSPS) is 11.5. The smallest absolute Gasteiger partial charge is 0.306 e. The number of nitrogens with one attached hydrogen (secondary N) is 2. The highest BCUT2D eigenvalue weighted by Gasteiger charge is 2.14. The molecule has 1 aromatic rings. The Bertz CT molecular complexity index is 820. The molecule has 4 N–H and O–H groups in total. The van der Waals surface area contributed by atoms with Crippen LogP contribution in [0.4, 0.5) is 11.9 Å². The standard InChI is InChI=1S/C38H74N6O3/c1-3-5-7-9-14-20-27-35(28-21-15-10-8-6-4-2)47-36(46)29-22-16-13-18-24-32-44(31-23-17-11-12-19-25-34-45)33-26-30-40-38-41-37(39)42-43-38/h34-35H,3-33H2,1-2H3,(H4,39,40,41,42,43). The molecule has 1 heterocycles. The van der Waals surface area contributed by atoms with Crippen molar-refractivity contribution >= 4 is 24.2 Å². The molecule has 0 saturated heterocycles. The zero-order valence-corrected chi connectivity index (χ0v) is 30.7. The van der Waals surface area contributed by atoms with E-state index in [1.807, 2.05) is 0 Å². The zero-order valence-electron chi connectivity index (χ0n) is 30.7. The maximum atomic E-state index is 12.7. The second-order valence-corrected chi connectivity index (χ2v) is 13.6. The first-order valence-electron chi connectivity index (χ1n) is 19.9. The van der Waals surface area contributed by atoms with Gasteiger partial charge < -0.3 is 25.5 Å². The van der Waals surface area contributed by atoms with Gasteiger partial charge in [-0.1, -0.05) is 117 Å². The van der Waals surface area contributed by atoms with E-state index in [4.69, 9.17) is 10.5 Å². The van der Waals surface area contributed by atoms with Crippen molar-refractivity contribution in [3.8, 4) is 0 Å². The lowest BCUT2D eigenvalue weighted by Crippen LogP contribution is -2.28. The first-order chi connectivity index (χ1) is 23.1. The first kappa shape index (κ1) is 42.9. The van der Waals surface area contributed by atoms with Crippen molar-refractivity contribution in [1.29, 1.82) is 0 Å². The van der Waals surface area contributed by atoms with Crippen LogP contribution in [0.15, 0.2) is 0 Å². The monoisotopic (exact) mass is 663 g/mol. The molecule has 0 radical (unpaired) electrons. The van der Waals surface area contributed by atoms with Crippen molar-refractivity contribution in [3.05, 3.63) is 0 Å². The van der Waals surface area contributed by atoms with E-state index in [1.54, 1.807) is 0 Å². The number of esters is 1. The number of nitrogen functional groups attached to an aromatic ring is 1. The van der Waals surface area contributed by atoms with E-state index >= 15 is 0 Å². The number of nitrogens with two attached hydrogens (primary N) is 1. The number of aromatic nitrogens is 3. The molecule has 1 rings (SSSR count). The molecule has 0 aromatic carbocycles. The van der Waals surface area contributed by atoms with Gasteiger partial charge in [-0.05, 0) is 77.4 Å². The van der Waals surface area contributed by atoms with Crippen molar-refractivity contribution in [2.24, 2.45) is 0 Å². The fourth-order valence-electron chi connectivity index (χ4n) is 6.23. The quantitative estimate of drug-likeness (QED) is 0.0368. The highest BCUT2D eigenvalue weighted by Crippen LogP contribution is 2.18. The SMILES string of the molecule is CCCCCCCCC(CCCCCCCC)OC(=O)CCCCCCCN(CCCCCCCC=O)CCCNc1n[nH]c(N)n1. The van der Waals surface area contributed by atoms with E-state index in [2.05, 4.69) is 39.2 Å². The lowest BCUT2D eigenvalue weighted by molar-refractivity contribution is -0.150. The second kappa shape index (κ2) is 32.4. The van der Waals surface area contributed by atoms with Gasteiger partial charge in [-0.2, -0.15) is 4.98 Å². The summed E-state index contributed by atoms with van der Waals surface area (Å²) in [6.45, 7) is 8.61. The molecule has 47 heavy (non-hydrogen) atoms. The molecular weight excluding hydrogens is 588 g/mol. The maximum Gasteiger partial charge on any atom is 0.306 e. The Kier molecular flexibility index (Phi) is 29.5. The molecule has 0 spiro atoms. The van der Waals surface area contributed by atoms with Crippen LogP contribution in [-0.2, 0) is 14.3 Å². The van der Waals surface area contributed by atoms with Gasteiger partial charge in [0.05, 0.1) is 0 Å². The summed E-state index contributed by atoms with van der Waals surface area (Å²) in [6, 6.07) is 0. The molecule has 0 aliphatic heterocycles. The Hall–Kier alpha value is -2.16. The Labute approximate surface area is 288 Å². The van der Waals surface area contributed by atoms with Crippen LogP contribution in [0.1, 0.15) is 187 Å². The molecular formula is C38H74N6O3. The molecule has 0 fully saturated rings. The molecule has 0 unspecified atom stereocenters. The number of rotatable bonds is 36. The summed E-state index contributed by atoms with van der Waals surface area (Å²) in [6.07, 6.45) is 32.3. The third-order valence-corrected chi connectivity index (χ3v) is 9.15. The predicted molar refractivity (Wildman–Crippen MR) is 198 cm³/mol. The maximum absolute atomic E-state index is 12.7. The van der Waals surface area contributed by atoms with Gasteiger partial charge in [0.1, 0.15) is 12.4 Å². The van der Waals surface area contributed by atoms with E-state index < -0.39 is 0 Å². The number of unbranched alkanes of at least 4 members (excludes halogenated alkanes) is 19. The number of nitrogens with zero attached hydrogens (tertiary/aromatic N) is 3. The summed E-state index contributed by atoms with van der Waals surface area (Å²) < 4.78 is 6.03. The highest BCUT2D eigenvalue weighted by molar-refractivity contribution is 5.69. The molecule has 0 aliphatic carbocycles. The average molecular weight is 663 g/mol. The van der Waals surface area contributed by atoms with Gasteiger partial charge in [0.25, 0.3) is 0 Å². The van der Waals surface area contributed by atoms with Crippen molar-refractivity contribution in [2.75, 3.05) is 37.2 Å². The minimum atomic E-state index is 0.0191. The van der Waals surface area contributed by atoms with Crippen LogP contribution in [-0.4, -0.2) is 64.6 Å². The Morgan fingerprint density at radius 1 is 0.745 bits per heavy atom. The number of aldehydes is 1. The summed E-state index contributed by atoms with van der Waals surface area (Å²) >= 11 is 0. The molecule has 9 heteroatoms. The van der Waals surface area contributed by atoms with E-state index in [0.29, 0.717) is 24.7 Å². The van der Waals surface area contributed by atoms with Crippen molar-refractivity contribution in [2.45, 2.75) is 193 Å². The number of hydrogen-bond acceptors (Lipinski definition) is 8. The number of carbonyl (C=O) groups excluding carboxylic acids is 2. The van der Waals surface area contributed by atoms with Gasteiger partial charge in [-0.3, -0.25) is 4.79 Å². The summed E-state index contributed by atoms with van der Waals surface area (Å²) in [5.41, 5.74) is 5.62. The van der Waals surface area contributed by atoms with Gasteiger partial charge in [0, 0.05) is 19.4 Å². The van der Waals surface area contributed by atoms with Crippen molar-refractivity contribution < 1.29 is 14.3 Å². The van der Waals surface area contributed by atoms with E-state index in [1.165, 1.54) is 116 Å². The third kappa shape index (κ3) is 27.5. The molecule has 0 amide bonds. The van der Waals surface area contributed by atoms with Crippen LogP contribution in [0.25, 0.3) is 0 Å². The Balaban J connectivity index is 2.28. The van der Waals surface area contributed by atoms with Gasteiger partial charge in [-0.15, -0.1) is 5.10 Å². The minimum absolute atomic E-state index is 0.0191. The van der Waals surface area contributed by atoms with Gasteiger partial charge in [0.15, 0.2) is 0 Å². The largest absolute Gasteiger partial charge is 0.462 e. The van der Waals surface area contributed by atoms with Gasteiger partial charge >= 0.3 is 5.97 Å². The fourth-order valence-corrected chi connectivity index (χ4v) is 6.23. The summed E-state index contributed by atoms with van der Waals surface area (Å²) in [5.74, 6) is 0.903. The molecule has 0 saturated carbocycles. The summed E-state index contributed by atoms with van der Waals surface area (Å²) in [7, 11) is 0. The van der Waals surface area contributed by atoms with Crippen LogP contribution in [0.5, 0.6) is 0 Å². The molecule has 1 aromatic heterocycles. The fraction of sp³-hybridized carbons (Fsp3) is 0.895. The first-order valence-corrected chi connectivity index (χ1v) is 19.9. The molecule has 9 nitrogen and oxygen atoms in total. The topological polar surface area (TPSA) is 126 Å². The summed E-state index contributed by atoms with van der Waals surface area (Å²) in [4.78, 5) is 30.0. The average Bonchev–Trinajstić information content (AvgIpc) is 3.49. The number of anilines is 2. The van der Waals surface area contributed by atoms with E-state index in [0.717, 1.165) is 77.4 Å². The molecule has 274 valence electrons. The number of ether oxygens (including phenoxy) is 1. The number of carbonyl (C=O) groups is 2. The van der Waals surface area contributed by atoms with E-state index in [9.17, 15) is 9.59 Å². The zero-order chi connectivity index (χ0) is 34.0. The van der Waals surface area contributed by atoms with Crippen LogP contribution in [0.2, 0.25) is 0 Å². The van der Waals surface area contributed by atoms with Crippen LogP contribution in [0, 0.1) is 0 Å². The van der Waals surface area contributed by atoms with E-state index in [-0.39, 0.29) is 12.1 Å². The van der Waals surface area contributed by atoms with Crippen molar-refractivity contribution in [1.82, 2.24) is 20.1 Å². The Morgan fingerprint density at radius 3 is 1.81 bits per heavy atom. The molecule has 0 bridgehead atoms. The van der Waals surface area contributed by atoms with Gasteiger partial charge in [0.2, 0.25) is 11.9 Å². The van der Waals surface area contributed by atoms with Gasteiger partial charge in [-0.25, -0.2) is 5.10 Å². The minimum Gasteiger partial charge on any atom is -0.462 e. The van der Waals surface area contributed by atoms with Crippen molar-refractivity contribution in [3.63, 3.8) is 0 Å². The van der Waals surface area contributed by atoms with Crippen LogP contribution >= 0.6 is 0 Å². The Morgan fingerprint density at radius 2 is 1.26 bits per heavy atom. The molecule has 0 aliphatic rings. The number of H-pyrrole nitrogens is 1. The second-order valence-electron chi connectivity index (χ2n) is 13.6. The predicted octanol–water partition coefficient (Wildman–Crippen LogP) is 9.78. The molecule has 0 atom stereocenters. The van der Waals surface area contributed by atoms with Crippen LogP contribution < -0.4 is 11.1 Å². The number of hydrogen-bond donors (Lipinski definition) is 3. The lowest BCUT2D eigenvalue weighted by atomic mass is 10.0. The van der Waals surface area contributed by atoms with Crippen LogP contribution in [0.3, 0.4) is 0 Å².